The van der Waals surface area contributed by atoms with Crippen molar-refractivity contribution >= 4 is 0 Å². The average Bonchev–Trinajstić information content (AvgIpc) is 2.56. The standard InChI is InChI=1S/C18H23N3/c1-2-10-20-18(15-8-4-11-19-13-15)16-9-3-6-14-7-5-12-21-17(14)16/h4-5,7-8,11-13,16,18,20H,2-3,6,9-10H2,1H3. The molecule has 0 aliphatic heterocycles. The van der Waals surface area contributed by atoms with E-state index in [9.17, 15) is 0 Å². The van der Waals surface area contributed by atoms with Crippen molar-refractivity contribution in [2.75, 3.05) is 6.54 Å². The predicted octanol–water partition coefficient (Wildman–Crippen LogP) is 3.64. The van der Waals surface area contributed by atoms with Crippen molar-refractivity contribution in [3.63, 3.8) is 0 Å². The molecule has 0 fully saturated rings. The van der Waals surface area contributed by atoms with E-state index in [0.717, 1.165) is 19.4 Å². The van der Waals surface area contributed by atoms with Gasteiger partial charge in [0, 0.05) is 36.2 Å². The number of hydrogen-bond donors (Lipinski definition) is 1. The molecule has 0 amide bonds. The van der Waals surface area contributed by atoms with Gasteiger partial charge in [-0.3, -0.25) is 9.97 Å². The zero-order chi connectivity index (χ0) is 14.5. The van der Waals surface area contributed by atoms with Crippen LogP contribution in [0, 0.1) is 0 Å². The van der Waals surface area contributed by atoms with Crippen LogP contribution in [0.25, 0.3) is 0 Å². The highest BCUT2D eigenvalue weighted by atomic mass is 14.9. The first kappa shape index (κ1) is 14.2. The van der Waals surface area contributed by atoms with Gasteiger partial charge in [-0.25, -0.2) is 0 Å². The lowest BCUT2D eigenvalue weighted by molar-refractivity contribution is 0.393. The van der Waals surface area contributed by atoms with Gasteiger partial charge in [-0.05, 0) is 55.5 Å². The Balaban J connectivity index is 1.94. The van der Waals surface area contributed by atoms with E-state index >= 15 is 0 Å². The molecule has 0 saturated heterocycles. The fourth-order valence-electron chi connectivity index (χ4n) is 3.32. The number of aromatic nitrogens is 2. The van der Waals surface area contributed by atoms with Crippen molar-refractivity contribution in [3.8, 4) is 0 Å². The molecule has 0 saturated carbocycles. The normalized spacial score (nSPS) is 19.0. The van der Waals surface area contributed by atoms with E-state index in [4.69, 9.17) is 4.98 Å². The maximum atomic E-state index is 4.69. The number of nitrogens with zero attached hydrogens (tertiary/aromatic N) is 2. The molecule has 0 aromatic carbocycles. The molecule has 0 spiro atoms. The fourth-order valence-corrected chi connectivity index (χ4v) is 3.32. The molecule has 21 heavy (non-hydrogen) atoms. The van der Waals surface area contributed by atoms with E-state index in [1.54, 1.807) is 0 Å². The average molecular weight is 281 g/mol. The summed E-state index contributed by atoms with van der Waals surface area (Å²) in [5.74, 6) is 0.450. The van der Waals surface area contributed by atoms with Crippen molar-refractivity contribution in [1.82, 2.24) is 15.3 Å². The van der Waals surface area contributed by atoms with Gasteiger partial charge in [-0.1, -0.05) is 19.1 Å². The molecule has 2 atom stereocenters. The van der Waals surface area contributed by atoms with Crippen LogP contribution in [0.5, 0.6) is 0 Å². The lowest BCUT2D eigenvalue weighted by Gasteiger charge is -2.32. The maximum Gasteiger partial charge on any atom is 0.0485 e. The van der Waals surface area contributed by atoms with Gasteiger partial charge in [0.15, 0.2) is 0 Å². The van der Waals surface area contributed by atoms with Gasteiger partial charge in [0.05, 0.1) is 0 Å². The number of nitrogens with one attached hydrogen (secondary N) is 1. The molecule has 1 aliphatic carbocycles. The minimum Gasteiger partial charge on any atom is -0.309 e. The van der Waals surface area contributed by atoms with E-state index < -0.39 is 0 Å². The van der Waals surface area contributed by atoms with Crippen LogP contribution >= 0.6 is 0 Å². The molecule has 2 unspecified atom stereocenters. The van der Waals surface area contributed by atoms with E-state index in [1.165, 1.54) is 29.7 Å². The maximum absolute atomic E-state index is 4.69. The molecule has 110 valence electrons. The van der Waals surface area contributed by atoms with E-state index in [1.807, 2.05) is 24.7 Å². The van der Waals surface area contributed by atoms with Gasteiger partial charge >= 0.3 is 0 Å². The molecule has 3 nitrogen and oxygen atoms in total. The van der Waals surface area contributed by atoms with Gasteiger partial charge in [0.2, 0.25) is 0 Å². The molecule has 2 heterocycles. The lowest BCUT2D eigenvalue weighted by Crippen LogP contribution is -2.30. The van der Waals surface area contributed by atoms with Crippen LogP contribution in [0.3, 0.4) is 0 Å². The summed E-state index contributed by atoms with van der Waals surface area (Å²) in [6, 6.07) is 8.80. The minimum atomic E-state index is 0.313. The van der Waals surface area contributed by atoms with Crippen LogP contribution in [0.1, 0.15) is 55.0 Å². The summed E-state index contributed by atoms with van der Waals surface area (Å²) in [7, 11) is 0. The van der Waals surface area contributed by atoms with Crippen molar-refractivity contribution in [1.29, 1.82) is 0 Å². The van der Waals surface area contributed by atoms with Crippen LogP contribution in [0.15, 0.2) is 42.9 Å². The number of aryl methyl sites for hydroxylation is 1. The molecule has 1 aliphatic rings. The molecule has 3 heteroatoms. The van der Waals surface area contributed by atoms with Crippen LogP contribution < -0.4 is 5.32 Å². The summed E-state index contributed by atoms with van der Waals surface area (Å²) < 4.78 is 0. The number of pyridine rings is 2. The quantitative estimate of drug-likeness (QED) is 0.909. The van der Waals surface area contributed by atoms with Crippen molar-refractivity contribution in [3.05, 3.63) is 59.7 Å². The summed E-state index contributed by atoms with van der Waals surface area (Å²) in [5.41, 5.74) is 3.97. The first-order valence-electron chi connectivity index (χ1n) is 7.97. The second kappa shape index (κ2) is 6.81. The topological polar surface area (TPSA) is 37.8 Å². The SMILES string of the molecule is CCCNC(c1cccnc1)C1CCCc2cccnc21. The Kier molecular flexibility index (Phi) is 4.61. The van der Waals surface area contributed by atoms with Gasteiger partial charge in [-0.2, -0.15) is 0 Å². The zero-order valence-electron chi connectivity index (χ0n) is 12.6. The summed E-state index contributed by atoms with van der Waals surface area (Å²) in [6.07, 6.45) is 10.5. The molecule has 2 aromatic rings. The Labute approximate surface area is 126 Å². The van der Waals surface area contributed by atoms with Gasteiger partial charge < -0.3 is 5.32 Å². The van der Waals surface area contributed by atoms with Crippen LogP contribution in [0.2, 0.25) is 0 Å². The highest BCUT2D eigenvalue weighted by Crippen LogP contribution is 2.38. The van der Waals surface area contributed by atoms with Gasteiger partial charge in [0.1, 0.15) is 0 Å². The Morgan fingerprint density at radius 2 is 2.19 bits per heavy atom. The first-order valence-corrected chi connectivity index (χ1v) is 7.97. The van der Waals surface area contributed by atoms with E-state index in [0.29, 0.717) is 12.0 Å². The predicted molar refractivity (Wildman–Crippen MR) is 85.2 cm³/mol. The summed E-state index contributed by atoms with van der Waals surface area (Å²) in [5, 5.41) is 3.72. The van der Waals surface area contributed by atoms with Crippen LogP contribution in [-0.4, -0.2) is 16.5 Å². The lowest BCUT2D eigenvalue weighted by atomic mass is 9.80. The molecule has 1 N–H and O–H groups in total. The van der Waals surface area contributed by atoms with E-state index in [2.05, 4.69) is 35.4 Å². The van der Waals surface area contributed by atoms with E-state index in [-0.39, 0.29) is 0 Å². The Bertz CT molecular complexity index is 568. The van der Waals surface area contributed by atoms with Crippen molar-refractivity contribution in [2.45, 2.75) is 44.6 Å². The molecule has 2 aromatic heterocycles. The van der Waals surface area contributed by atoms with Gasteiger partial charge in [-0.15, -0.1) is 0 Å². The molecular formula is C18H23N3. The molecule has 3 rings (SSSR count). The highest BCUT2D eigenvalue weighted by molar-refractivity contribution is 5.30. The minimum absolute atomic E-state index is 0.313. The molecular weight excluding hydrogens is 258 g/mol. The number of rotatable bonds is 5. The largest absolute Gasteiger partial charge is 0.309 e. The van der Waals surface area contributed by atoms with Crippen LogP contribution in [0.4, 0.5) is 0 Å². The number of hydrogen-bond acceptors (Lipinski definition) is 3. The monoisotopic (exact) mass is 281 g/mol. The summed E-state index contributed by atoms with van der Waals surface area (Å²) >= 11 is 0. The Morgan fingerprint density at radius 1 is 1.29 bits per heavy atom. The summed E-state index contributed by atoms with van der Waals surface area (Å²) in [4.78, 5) is 9.00. The van der Waals surface area contributed by atoms with Crippen molar-refractivity contribution in [2.24, 2.45) is 0 Å². The smallest absolute Gasteiger partial charge is 0.0485 e. The second-order valence-corrected chi connectivity index (χ2v) is 5.76. The summed E-state index contributed by atoms with van der Waals surface area (Å²) in [6.45, 7) is 3.23. The zero-order valence-corrected chi connectivity index (χ0v) is 12.6. The van der Waals surface area contributed by atoms with Gasteiger partial charge in [0.25, 0.3) is 0 Å². The Morgan fingerprint density at radius 3 is 3.00 bits per heavy atom. The van der Waals surface area contributed by atoms with Crippen molar-refractivity contribution < 1.29 is 0 Å². The van der Waals surface area contributed by atoms with Crippen LogP contribution in [-0.2, 0) is 6.42 Å². The third-order valence-corrected chi connectivity index (χ3v) is 4.30. The Hall–Kier alpha value is -1.74. The second-order valence-electron chi connectivity index (χ2n) is 5.76. The third-order valence-electron chi connectivity index (χ3n) is 4.30. The number of fused-ring (bicyclic) bond motifs is 1. The fraction of sp³-hybridized carbons (Fsp3) is 0.444. The molecule has 0 radical (unpaired) electrons. The highest BCUT2D eigenvalue weighted by Gasteiger charge is 2.29. The molecule has 0 bridgehead atoms. The first-order chi connectivity index (χ1) is 10.4. The third kappa shape index (κ3) is 3.13.